The van der Waals surface area contributed by atoms with Crippen LogP contribution in [0, 0.1) is 0 Å². The standard InChI is InChI=1S/C17H24N2O3S/c1-2-22-12-5-10-18-16(20)8-9-17(21)19-11-13-23-15-7-4-3-6-14(15)19/h3-4,6-7H,2,5,8-13H2,1H3,(H,18,20). The number of hydrogen-bond donors (Lipinski definition) is 1. The molecule has 0 fully saturated rings. The summed E-state index contributed by atoms with van der Waals surface area (Å²) in [7, 11) is 0. The molecule has 0 saturated heterocycles. The molecule has 0 bridgehead atoms. The smallest absolute Gasteiger partial charge is 0.227 e. The minimum atomic E-state index is -0.0745. The molecule has 0 radical (unpaired) electrons. The molecule has 5 nitrogen and oxygen atoms in total. The predicted octanol–water partition coefficient (Wildman–Crippen LogP) is 2.45. The normalized spacial score (nSPS) is 13.5. The summed E-state index contributed by atoms with van der Waals surface area (Å²) in [4.78, 5) is 27.1. The van der Waals surface area contributed by atoms with Crippen molar-refractivity contribution >= 4 is 29.3 Å². The number of nitrogens with one attached hydrogen (secondary N) is 1. The third-order valence-electron chi connectivity index (χ3n) is 3.59. The SMILES string of the molecule is CCOCCCNC(=O)CCC(=O)N1CCSc2ccccc21. The number of nitrogens with zero attached hydrogens (tertiary/aromatic N) is 1. The van der Waals surface area contributed by atoms with Crippen molar-refractivity contribution in [2.24, 2.45) is 0 Å². The van der Waals surface area contributed by atoms with Crippen molar-refractivity contribution in [1.82, 2.24) is 5.32 Å². The van der Waals surface area contributed by atoms with Gasteiger partial charge in [-0.25, -0.2) is 0 Å². The van der Waals surface area contributed by atoms with Gasteiger partial charge < -0.3 is 15.0 Å². The lowest BCUT2D eigenvalue weighted by atomic mass is 10.2. The van der Waals surface area contributed by atoms with Crippen molar-refractivity contribution in [3.63, 3.8) is 0 Å². The number of carbonyl (C=O) groups excluding carboxylic acids is 2. The number of amides is 2. The van der Waals surface area contributed by atoms with Gasteiger partial charge >= 0.3 is 0 Å². The number of rotatable bonds is 8. The summed E-state index contributed by atoms with van der Waals surface area (Å²) in [5, 5.41) is 2.83. The van der Waals surface area contributed by atoms with Crippen molar-refractivity contribution in [2.75, 3.05) is 37.0 Å². The molecule has 1 aliphatic heterocycles. The number of fused-ring (bicyclic) bond motifs is 1. The van der Waals surface area contributed by atoms with Gasteiger partial charge in [-0.05, 0) is 25.5 Å². The molecule has 0 unspecified atom stereocenters. The van der Waals surface area contributed by atoms with E-state index >= 15 is 0 Å². The van der Waals surface area contributed by atoms with E-state index in [1.807, 2.05) is 31.2 Å². The molecular formula is C17H24N2O3S. The molecule has 23 heavy (non-hydrogen) atoms. The van der Waals surface area contributed by atoms with E-state index in [-0.39, 0.29) is 24.7 Å². The lowest BCUT2D eigenvalue weighted by Gasteiger charge is -2.29. The van der Waals surface area contributed by atoms with Crippen LogP contribution in [0.5, 0.6) is 0 Å². The highest BCUT2D eigenvalue weighted by molar-refractivity contribution is 7.99. The van der Waals surface area contributed by atoms with Crippen LogP contribution in [0.25, 0.3) is 0 Å². The largest absolute Gasteiger partial charge is 0.382 e. The minimum Gasteiger partial charge on any atom is -0.382 e. The molecule has 6 heteroatoms. The van der Waals surface area contributed by atoms with E-state index in [2.05, 4.69) is 5.32 Å². The number of benzene rings is 1. The molecule has 2 amide bonds. The topological polar surface area (TPSA) is 58.6 Å². The van der Waals surface area contributed by atoms with Crippen LogP contribution in [-0.4, -0.2) is 43.9 Å². The van der Waals surface area contributed by atoms with Crippen molar-refractivity contribution < 1.29 is 14.3 Å². The molecule has 126 valence electrons. The van der Waals surface area contributed by atoms with Gasteiger partial charge in [0.15, 0.2) is 0 Å². The third-order valence-corrected chi connectivity index (χ3v) is 4.63. The van der Waals surface area contributed by atoms with E-state index in [1.165, 1.54) is 0 Å². The molecular weight excluding hydrogens is 312 g/mol. The fourth-order valence-corrected chi connectivity index (χ4v) is 3.41. The Morgan fingerprint density at radius 3 is 2.96 bits per heavy atom. The highest BCUT2D eigenvalue weighted by atomic mass is 32.2. The minimum absolute atomic E-state index is 0.0159. The maximum absolute atomic E-state index is 12.4. The average molecular weight is 336 g/mol. The van der Waals surface area contributed by atoms with E-state index < -0.39 is 0 Å². The maximum Gasteiger partial charge on any atom is 0.227 e. The third kappa shape index (κ3) is 5.55. The molecule has 0 saturated carbocycles. The number of ether oxygens (including phenoxy) is 1. The first kappa shape index (κ1) is 17.8. The highest BCUT2D eigenvalue weighted by Crippen LogP contribution is 2.34. The fraction of sp³-hybridized carbons (Fsp3) is 0.529. The first-order chi connectivity index (χ1) is 11.2. The van der Waals surface area contributed by atoms with Gasteiger partial charge in [0.1, 0.15) is 0 Å². The Bertz CT molecular complexity index is 536. The van der Waals surface area contributed by atoms with Crippen LogP contribution < -0.4 is 10.2 Å². The number of thioether (sulfide) groups is 1. The quantitative estimate of drug-likeness (QED) is 0.741. The van der Waals surface area contributed by atoms with Crippen LogP contribution in [0.2, 0.25) is 0 Å². The Morgan fingerprint density at radius 1 is 1.30 bits per heavy atom. The van der Waals surface area contributed by atoms with Gasteiger partial charge in [-0.1, -0.05) is 12.1 Å². The summed E-state index contributed by atoms with van der Waals surface area (Å²) in [6, 6.07) is 7.92. The van der Waals surface area contributed by atoms with Gasteiger partial charge in [0.2, 0.25) is 11.8 Å². The molecule has 0 aromatic heterocycles. The Balaban J connectivity index is 1.74. The number of anilines is 1. The Labute approximate surface area is 141 Å². The van der Waals surface area contributed by atoms with Crippen molar-refractivity contribution in [3.8, 4) is 0 Å². The van der Waals surface area contributed by atoms with Gasteiger partial charge in [-0.2, -0.15) is 0 Å². The molecule has 1 aliphatic rings. The van der Waals surface area contributed by atoms with E-state index in [0.717, 1.165) is 22.8 Å². The molecule has 1 N–H and O–H groups in total. The zero-order valence-corrected chi connectivity index (χ0v) is 14.4. The molecule has 1 aromatic rings. The average Bonchev–Trinajstić information content (AvgIpc) is 2.59. The monoisotopic (exact) mass is 336 g/mol. The summed E-state index contributed by atoms with van der Waals surface area (Å²) in [6.45, 7) is 4.59. The predicted molar refractivity (Wildman–Crippen MR) is 92.9 cm³/mol. The first-order valence-corrected chi connectivity index (χ1v) is 9.07. The summed E-state index contributed by atoms with van der Waals surface area (Å²) in [6.07, 6.45) is 1.28. The van der Waals surface area contributed by atoms with Gasteiger partial charge in [0.05, 0.1) is 5.69 Å². The van der Waals surface area contributed by atoms with Crippen molar-refractivity contribution in [2.45, 2.75) is 31.1 Å². The molecule has 0 spiro atoms. The van der Waals surface area contributed by atoms with Gasteiger partial charge in [0.25, 0.3) is 0 Å². The highest BCUT2D eigenvalue weighted by Gasteiger charge is 2.22. The summed E-state index contributed by atoms with van der Waals surface area (Å²) < 4.78 is 5.21. The molecule has 1 aromatic carbocycles. The Kier molecular flexibility index (Phi) is 7.42. The zero-order valence-electron chi connectivity index (χ0n) is 13.5. The Morgan fingerprint density at radius 2 is 2.13 bits per heavy atom. The Hall–Kier alpha value is -1.53. The van der Waals surface area contributed by atoms with E-state index in [9.17, 15) is 9.59 Å². The van der Waals surface area contributed by atoms with Crippen LogP contribution in [0.1, 0.15) is 26.2 Å². The second-order valence-corrected chi connectivity index (χ2v) is 6.40. The van der Waals surface area contributed by atoms with Gasteiger partial charge in [-0.3, -0.25) is 9.59 Å². The van der Waals surface area contributed by atoms with Gasteiger partial charge in [-0.15, -0.1) is 11.8 Å². The number of para-hydroxylation sites is 1. The molecule has 1 heterocycles. The van der Waals surface area contributed by atoms with Crippen molar-refractivity contribution in [3.05, 3.63) is 24.3 Å². The second kappa shape index (κ2) is 9.57. The molecule has 2 rings (SSSR count). The van der Waals surface area contributed by atoms with E-state index in [1.54, 1.807) is 16.7 Å². The number of hydrogen-bond acceptors (Lipinski definition) is 4. The second-order valence-electron chi connectivity index (χ2n) is 5.26. The molecule has 0 aliphatic carbocycles. The van der Waals surface area contributed by atoms with Crippen molar-refractivity contribution in [1.29, 1.82) is 0 Å². The summed E-state index contributed by atoms with van der Waals surface area (Å²) in [5.74, 6) is 0.837. The first-order valence-electron chi connectivity index (χ1n) is 8.09. The van der Waals surface area contributed by atoms with Crippen LogP contribution in [0.3, 0.4) is 0 Å². The maximum atomic E-state index is 12.4. The van der Waals surface area contributed by atoms with E-state index in [0.29, 0.717) is 26.3 Å². The fourth-order valence-electron chi connectivity index (χ4n) is 2.42. The van der Waals surface area contributed by atoms with Crippen LogP contribution >= 0.6 is 11.8 Å². The lowest BCUT2D eigenvalue weighted by Crippen LogP contribution is -2.36. The van der Waals surface area contributed by atoms with Gasteiger partial charge in [0, 0.05) is 49.8 Å². The van der Waals surface area contributed by atoms with E-state index in [4.69, 9.17) is 4.74 Å². The zero-order chi connectivity index (χ0) is 16.5. The molecule has 0 atom stereocenters. The van der Waals surface area contributed by atoms with Crippen LogP contribution in [0.4, 0.5) is 5.69 Å². The lowest BCUT2D eigenvalue weighted by molar-refractivity contribution is -0.125. The van der Waals surface area contributed by atoms with Crippen LogP contribution in [-0.2, 0) is 14.3 Å². The summed E-state index contributed by atoms with van der Waals surface area (Å²) in [5.41, 5.74) is 0.964. The number of carbonyl (C=O) groups is 2. The summed E-state index contributed by atoms with van der Waals surface area (Å²) >= 11 is 1.77. The van der Waals surface area contributed by atoms with Crippen LogP contribution in [0.15, 0.2) is 29.2 Å².